The van der Waals surface area contributed by atoms with Crippen molar-refractivity contribution in [3.05, 3.63) is 66.6 Å². The monoisotopic (exact) mass is 391 g/mol. The zero-order valence-corrected chi connectivity index (χ0v) is 16.4. The summed E-state index contributed by atoms with van der Waals surface area (Å²) in [5.74, 6) is 1.00. The highest BCUT2D eigenvalue weighted by Crippen LogP contribution is 2.32. The van der Waals surface area contributed by atoms with Crippen molar-refractivity contribution >= 4 is 5.97 Å². The number of ether oxygens (including phenoxy) is 2. The van der Waals surface area contributed by atoms with Gasteiger partial charge in [-0.15, -0.1) is 0 Å². The van der Waals surface area contributed by atoms with Gasteiger partial charge in [0, 0.05) is 24.2 Å². The van der Waals surface area contributed by atoms with Gasteiger partial charge in [-0.05, 0) is 19.3 Å². The lowest BCUT2D eigenvalue weighted by Crippen LogP contribution is -2.26. The van der Waals surface area contributed by atoms with Crippen LogP contribution in [-0.2, 0) is 20.7 Å². The third-order valence-electron chi connectivity index (χ3n) is 5.00. The molecular weight excluding hydrogens is 366 g/mol. The molecule has 0 bridgehead atoms. The lowest BCUT2D eigenvalue weighted by molar-refractivity contribution is -0.149. The molecule has 0 aliphatic carbocycles. The van der Waals surface area contributed by atoms with Crippen molar-refractivity contribution in [2.75, 3.05) is 13.2 Å². The van der Waals surface area contributed by atoms with Gasteiger partial charge >= 0.3 is 5.97 Å². The van der Waals surface area contributed by atoms with Crippen LogP contribution in [-0.4, -0.2) is 30.3 Å². The molecule has 0 spiro atoms. The van der Waals surface area contributed by atoms with Crippen LogP contribution in [0.3, 0.4) is 0 Å². The molecule has 1 saturated heterocycles. The summed E-state index contributed by atoms with van der Waals surface area (Å²) in [4.78, 5) is 16.8. The first kappa shape index (κ1) is 19.4. The minimum Gasteiger partial charge on any atom is -0.463 e. The first-order chi connectivity index (χ1) is 14.3. The van der Waals surface area contributed by atoms with Crippen molar-refractivity contribution in [2.45, 2.75) is 38.2 Å². The van der Waals surface area contributed by atoms with Crippen molar-refractivity contribution in [3.63, 3.8) is 0 Å². The summed E-state index contributed by atoms with van der Waals surface area (Å²) in [7, 11) is 0. The molecule has 0 N–H and O–H groups in total. The van der Waals surface area contributed by atoms with Gasteiger partial charge in [0.1, 0.15) is 12.3 Å². The molecule has 2 aromatic carbocycles. The highest BCUT2D eigenvalue weighted by atomic mass is 16.6. The van der Waals surface area contributed by atoms with Gasteiger partial charge in [-0.1, -0.05) is 60.7 Å². The van der Waals surface area contributed by atoms with Gasteiger partial charge in [0.2, 0.25) is 0 Å². The second kappa shape index (κ2) is 9.52. The summed E-state index contributed by atoms with van der Waals surface area (Å²) in [6.07, 6.45) is 3.83. The van der Waals surface area contributed by atoms with Gasteiger partial charge in [0.05, 0.1) is 12.5 Å². The van der Waals surface area contributed by atoms with E-state index in [-0.39, 0.29) is 18.5 Å². The molecule has 29 heavy (non-hydrogen) atoms. The van der Waals surface area contributed by atoms with Crippen molar-refractivity contribution in [1.82, 2.24) is 4.98 Å². The Balaban J connectivity index is 1.44. The van der Waals surface area contributed by atoms with Crippen LogP contribution in [0, 0.1) is 0 Å². The minimum absolute atomic E-state index is 0.0313. The number of benzene rings is 2. The van der Waals surface area contributed by atoms with Crippen molar-refractivity contribution in [2.24, 2.45) is 0 Å². The van der Waals surface area contributed by atoms with E-state index in [4.69, 9.17) is 13.9 Å². The average Bonchev–Trinajstić information content (AvgIpc) is 3.23. The summed E-state index contributed by atoms with van der Waals surface area (Å²) < 4.78 is 17.0. The summed E-state index contributed by atoms with van der Waals surface area (Å²) in [5, 5.41) is 0. The largest absolute Gasteiger partial charge is 0.463 e. The van der Waals surface area contributed by atoms with E-state index in [2.05, 4.69) is 4.98 Å². The third kappa shape index (κ3) is 5.12. The maximum absolute atomic E-state index is 12.1. The Hall–Kier alpha value is -2.92. The Kier molecular flexibility index (Phi) is 6.37. The molecule has 2 heterocycles. The lowest BCUT2D eigenvalue weighted by atomic mass is 10.1. The van der Waals surface area contributed by atoms with Crippen LogP contribution in [0.5, 0.6) is 0 Å². The fourth-order valence-electron chi connectivity index (χ4n) is 3.45. The molecule has 150 valence electrons. The molecule has 0 saturated carbocycles. The quantitative estimate of drug-likeness (QED) is 0.527. The van der Waals surface area contributed by atoms with Crippen LogP contribution in [0.15, 0.2) is 65.1 Å². The Morgan fingerprint density at radius 1 is 1.00 bits per heavy atom. The van der Waals surface area contributed by atoms with Crippen molar-refractivity contribution < 1.29 is 18.7 Å². The van der Waals surface area contributed by atoms with Crippen molar-refractivity contribution in [1.29, 1.82) is 0 Å². The smallest absolute Gasteiger partial charge is 0.306 e. The summed E-state index contributed by atoms with van der Waals surface area (Å²) in [6, 6.07) is 19.8. The number of carbonyl (C=O) groups excluding carboxylic acids is 1. The molecule has 0 amide bonds. The number of aryl methyl sites for hydroxylation is 1. The molecule has 3 aromatic rings. The lowest BCUT2D eigenvalue weighted by Gasteiger charge is -2.21. The number of hydrogen-bond acceptors (Lipinski definition) is 5. The fourth-order valence-corrected chi connectivity index (χ4v) is 3.45. The van der Waals surface area contributed by atoms with Crippen LogP contribution in [0.1, 0.15) is 31.6 Å². The van der Waals surface area contributed by atoms with E-state index >= 15 is 0 Å². The van der Waals surface area contributed by atoms with E-state index in [1.54, 1.807) is 0 Å². The predicted molar refractivity (Wildman–Crippen MR) is 110 cm³/mol. The van der Waals surface area contributed by atoms with Gasteiger partial charge in [0.25, 0.3) is 0 Å². The highest BCUT2D eigenvalue weighted by molar-refractivity contribution is 5.77. The standard InChI is InChI=1S/C24H25NO4/c26-22(28-17-20-13-7-8-16-27-20)15-14-21-25-23(18-9-3-1-4-10-18)24(29-21)19-11-5-2-6-12-19/h1-6,9-12,20H,7-8,13-17H2. The zero-order chi connectivity index (χ0) is 19.9. The second-order valence-electron chi connectivity index (χ2n) is 7.19. The van der Waals surface area contributed by atoms with E-state index in [1.165, 1.54) is 0 Å². The molecule has 0 radical (unpaired) electrons. The molecule has 1 aliphatic rings. The third-order valence-corrected chi connectivity index (χ3v) is 5.00. The summed E-state index contributed by atoms with van der Waals surface area (Å²) in [5.41, 5.74) is 2.73. The topological polar surface area (TPSA) is 61.6 Å². The Bertz CT molecular complexity index is 858. The molecular formula is C24H25NO4. The van der Waals surface area contributed by atoms with Gasteiger partial charge in [-0.2, -0.15) is 0 Å². The van der Waals surface area contributed by atoms with Crippen LogP contribution < -0.4 is 0 Å². The summed E-state index contributed by atoms with van der Waals surface area (Å²) >= 11 is 0. The first-order valence-corrected chi connectivity index (χ1v) is 10.2. The molecule has 1 aromatic heterocycles. The maximum atomic E-state index is 12.1. The molecule has 4 rings (SSSR count). The SMILES string of the molecule is O=C(CCc1nc(-c2ccccc2)c(-c2ccccc2)o1)OCC1CCCCO1. The van der Waals surface area contributed by atoms with Gasteiger partial charge < -0.3 is 13.9 Å². The second-order valence-corrected chi connectivity index (χ2v) is 7.19. The number of hydrogen-bond donors (Lipinski definition) is 0. The number of aromatic nitrogens is 1. The number of rotatable bonds is 7. The Morgan fingerprint density at radius 2 is 1.72 bits per heavy atom. The van der Waals surface area contributed by atoms with Crippen LogP contribution in [0.25, 0.3) is 22.6 Å². The van der Waals surface area contributed by atoms with Crippen LogP contribution in [0.2, 0.25) is 0 Å². The Morgan fingerprint density at radius 3 is 2.41 bits per heavy atom. The maximum Gasteiger partial charge on any atom is 0.306 e. The van der Waals surface area contributed by atoms with E-state index < -0.39 is 0 Å². The number of carbonyl (C=O) groups is 1. The molecule has 1 aliphatic heterocycles. The minimum atomic E-state index is -0.250. The normalized spacial score (nSPS) is 16.5. The van der Waals surface area contributed by atoms with E-state index in [0.29, 0.717) is 18.9 Å². The molecule has 5 nitrogen and oxygen atoms in total. The van der Waals surface area contributed by atoms with Gasteiger partial charge in [-0.3, -0.25) is 4.79 Å². The number of oxazole rings is 1. The van der Waals surface area contributed by atoms with Crippen LogP contribution >= 0.6 is 0 Å². The predicted octanol–water partition coefficient (Wildman–Crippen LogP) is 5.05. The molecule has 1 unspecified atom stereocenters. The van der Waals surface area contributed by atoms with Gasteiger partial charge in [0.15, 0.2) is 11.7 Å². The number of esters is 1. The fraction of sp³-hybridized carbons (Fsp3) is 0.333. The van der Waals surface area contributed by atoms with Crippen LogP contribution in [0.4, 0.5) is 0 Å². The first-order valence-electron chi connectivity index (χ1n) is 10.2. The molecule has 1 atom stereocenters. The van der Waals surface area contributed by atoms with E-state index in [1.807, 2.05) is 60.7 Å². The average molecular weight is 391 g/mol. The van der Waals surface area contributed by atoms with E-state index in [9.17, 15) is 4.79 Å². The summed E-state index contributed by atoms with van der Waals surface area (Å²) in [6.45, 7) is 1.08. The molecule has 1 fully saturated rings. The Labute approximate surface area is 170 Å². The van der Waals surface area contributed by atoms with Crippen molar-refractivity contribution in [3.8, 4) is 22.6 Å². The van der Waals surface area contributed by atoms with Gasteiger partial charge in [-0.25, -0.2) is 4.98 Å². The van der Waals surface area contributed by atoms with E-state index in [0.717, 1.165) is 48.5 Å². The zero-order valence-electron chi connectivity index (χ0n) is 16.4. The molecule has 5 heteroatoms. The number of nitrogens with zero attached hydrogens (tertiary/aromatic N) is 1. The highest BCUT2D eigenvalue weighted by Gasteiger charge is 2.19.